The summed E-state index contributed by atoms with van der Waals surface area (Å²) in [7, 11) is -3.98. The van der Waals surface area contributed by atoms with E-state index in [0.29, 0.717) is 42.8 Å². The van der Waals surface area contributed by atoms with Crippen LogP contribution in [0.1, 0.15) is 66.4 Å². The van der Waals surface area contributed by atoms with E-state index in [9.17, 15) is 17.7 Å². The third kappa shape index (κ3) is 7.60. The molecule has 0 spiro atoms. The maximum atomic E-state index is 14.8. The minimum Gasteiger partial charge on any atom is -0.379 e. The highest BCUT2D eigenvalue weighted by Gasteiger charge is 2.52. The standard InChI is InChI=1S/C29H39F3N5O6P/c1-27(2,3)42-44(38,43-28(4,5)6)41-17-40-24-16-39-12-9-21(24)35-26-34-15-23-19(30)13-22(37(23)36-26)20-8-7-18(14-33-20)29(10-11-29)25(31)32/h7-8,13-15,21,24-25H,9-12,16-17H2,1-6H3,(H,35,36)/t21-,24-/m1/s1. The van der Waals surface area contributed by atoms with E-state index in [1.54, 1.807) is 53.7 Å². The highest BCUT2D eigenvalue weighted by atomic mass is 31.2. The van der Waals surface area contributed by atoms with Crippen LogP contribution in [-0.2, 0) is 33.0 Å². The second kappa shape index (κ2) is 12.3. The Kier molecular flexibility index (Phi) is 9.16. The zero-order valence-corrected chi connectivity index (χ0v) is 26.6. The van der Waals surface area contributed by atoms with Crippen molar-refractivity contribution < 1.29 is 40.8 Å². The van der Waals surface area contributed by atoms with E-state index < -0.39 is 49.6 Å². The summed E-state index contributed by atoms with van der Waals surface area (Å²) in [4.78, 5) is 8.64. The van der Waals surface area contributed by atoms with Gasteiger partial charge in [-0.2, -0.15) is 0 Å². The van der Waals surface area contributed by atoms with Crippen LogP contribution in [0.25, 0.3) is 16.9 Å². The van der Waals surface area contributed by atoms with Gasteiger partial charge in [0.15, 0.2) is 12.6 Å². The minimum absolute atomic E-state index is 0.129. The fourth-order valence-corrected chi connectivity index (χ4v) is 6.61. The summed E-state index contributed by atoms with van der Waals surface area (Å²) in [6, 6.07) is 4.16. The van der Waals surface area contributed by atoms with Crippen LogP contribution in [0.4, 0.5) is 19.1 Å². The van der Waals surface area contributed by atoms with E-state index in [0.717, 1.165) is 0 Å². The lowest BCUT2D eigenvalue weighted by Crippen LogP contribution is -2.44. The lowest BCUT2D eigenvalue weighted by Gasteiger charge is -2.33. The number of phosphoric ester groups is 1. The molecule has 11 nitrogen and oxygen atoms in total. The number of aromatic nitrogens is 4. The topological polar surface area (TPSA) is 118 Å². The number of halogens is 3. The third-order valence-corrected chi connectivity index (χ3v) is 9.12. The molecule has 2 atom stereocenters. The lowest BCUT2D eigenvalue weighted by molar-refractivity contribution is -0.114. The summed E-state index contributed by atoms with van der Waals surface area (Å²) in [5, 5.41) is 7.72. The second-order valence-corrected chi connectivity index (χ2v) is 14.6. The van der Waals surface area contributed by atoms with Crippen LogP contribution in [0.15, 0.2) is 30.6 Å². The number of alkyl halides is 2. The van der Waals surface area contributed by atoms with Gasteiger partial charge in [0, 0.05) is 18.9 Å². The monoisotopic (exact) mass is 641 g/mol. The highest BCUT2D eigenvalue weighted by Crippen LogP contribution is 2.55. The largest absolute Gasteiger partial charge is 0.477 e. The first kappa shape index (κ1) is 32.8. The highest BCUT2D eigenvalue weighted by molar-refractivity contribution is 7.48. The van der Waals surface area contributed by atoms with Crippen molar-refractivity contribution in [1.29, 1.82) is 0 Å². The number of rotatable bonds is 11. The van der Waals surface area contributed by atoms with Crippen molar-refractivity contribution in [3.8, 4) is 11.4 Å². The quantitative estimate of drug-likeness (QED) is 0.183. The maximum Gasteiger partial charge on any atom is 0.477 e. The molecule has 0 amide bonds. The molecule has 3 aromatic heterocycles. The van der Waals surface area contributed by atoms with Crippen LogP contribution in [0.5, 0.6) is 0 Å². The molecule has 1 N–H and O–H groups in total. The van der Waals surface area contributed by atoms with Gasteiger partial charge in [-0.3, -0.25) is 18.6 Å². The van der Waals surface area contributed by atoms with Gasteiger partial charge in [-0.1, -0.05) is 6.07 Å². The van der Waals surface area contributed by atoms with Crippen molar-refractivity contribution in [1.82, 2.24) is 19.6 Å². The zero-order chi connectivity index (χ0) is 31.9. The van der Waals surface area contributed by atoms with E-state index in [2.05, 4.69) is 20.4 Å². The molecule has 3 aromatic rings. The van der Waals surface area contributed by atoms with Gasteiger partial charge in [-0.15, -0.1) is 5.10 Å². The van der Waals surface area contributed by atoms with Gasteiger partial charge in [0.1, 0.15) is 11.6 Å². The first-order valence-electron chi connectivity index (χ1n) is 14.5. The van der Waals surface area contributed by atoms with Gasteiger partial charge >= 0.3 is 7.82 Å². The number of ether oxygens (including phenoxy) is 2. The predicted octanol–water partition coefficient (Wildman–Crippen LogP) is 6.53. The number of phosphoric acid groups is 1. The van der Waals surface area contributed by atoms with Gasteiger partial charge in [0.25, 0.3) is 0 Å². The van der Waals surface area contributed by atoms with Crippen LogP contribution in [0.3, 0.4) is 0 Å². The molecule has 0 bridgehead atoms. The molecule has 242 valence electrons. The number of nitrogens with one attached hydrogen (secondary N) is 1. The number of pyridine rings is 1. The summed E-state index contributed by atoms with van der Waals surface area (Å²) in [6.07, 6.45) is 1.12. The molecule has 2 fully saturated rings. The summed E-state index contributed by atoms with van der Waals surface area (Å²) < 4.78 is 84.9. The Balaban J connectivity index is 1.30. The number of hydrogen-bond acceptors (Lipinski definition) is 10. The molecule has 4 heterocycles. The second-order valence-electron chi connectivity index (χ2n) is 13.1. The lowest BCUT2D eigenvalue weighted by atomic mass is 9.98. The first-order chi connectivity index (χ1) is 20.6. The summed E-state index contributed by atoms with van der Waals surface area (Å²) in [6.45, 7) is 10.7. The van der Waals surface area contributed by atoms with Crippen molar-refractivity contribution in [2.75, 3.05) is 25.3 Å². The Morgan fingerprint density at radius 2 is 1.82 bits per heavy atom. The Morgan fingerprint density at radius 3 is 2.41 bits per heavy atom. The van der Waals surface area contributed by atoms with Gasteiger partial charge in [0.05, 0.1) is 46.9 Å². The van der Waals surface area contributed by atoms with E-state index in [1.807, 2.05) is 0 Å². The molecule has 44 heavy (non-hydrogen) atoms. The molecular formula is C29H39F3N5O6P. The van der Waals surface area contributed by atoms with Crippen molar-refractivity contribution in [2.24, 2.45) is 0 Å². The molecule has 1 saturated heterocycles. The predicted molar refractivity (Wildman–Crippen MR) is 156 cm³/mol. The molecule has 1 saturated carbocycles. The fourth-order valence-electron chi connectivity index (χ4n) is 4.94. The SMILES string of the molecule is CC(C)(C)OP(=O)(OCO[C@@H]1COCC[C@H]1Nc1ncc2c(F)cc(-c3ccc(C4(C(F)F)CC4)cn3)n2n1)OC(C)(C)C. The van der Waals surface area contributed by atoms with Crippen molar-refractivity contribution in [3.63, 3.8) is 0 Å². The average Bonchev–Trinajstić information content (AvgIpc) is 3.67. The maximum absolute atomic E-state index is 14.8. The number of anilines is 1. The molecular weight excluding hydrogens is 602 g/mol. The van der Waals surface area contributed by atoms with E-state index in [1.165, 1.54) is 23.0 Å². The van der Waals surface area contributed by atoms with Crippen LogP contribution >= 0.6 is 7.82 Å². The molecule has 5 rings (SSSR count). The molecule has 0 aromatic carbocycles. The number of fused-ring (bicyclic) bond motifs is 1. The molecule has 1 aliphatic heterocycles. The molecule has 1 aliphatic carbocycles. The van der Waals surface area contributed by atoms with Crippen LogP contribution in [0.2, 0.25) is 0 Å². The smallest absolute Gasteiger partial charge is 0.379 e. The summed E-state index contributed by atoms with van der Waals surface area (Å²) >= 11 is 0. The van der Waals surface area contributed by atoms with Gasteiger partial charge < -0.3 is 14.8 Å². The van der Waals surface area contributed by atoms with Gasteiger partial charge in [-0.25, -0.2) is 27.2 Å². The van der Waals surface area contributed by atoms with E-state index in [-0.39, 0.29) is 24.1 Å². The van der Waals surface area contributed by atoms with E-state index in [4.69, 9.17) is 23.0 Å². The number of hydrogen-bond donors (Lipinski definition) is 1. The molecule has 2 aliphatic rings. The Hall–Kier alpha value is -2.61. The number of nitrogens with zero attached hydrogens (tertiary/aromatic N) is 4. The fraction of sp³-hybridized carbons (Fsp3) is 0.621. The van der Waals surface area contributed by atoms with Gasteiger partial charge in [0.2, 0.25) is 12.4 Å². The third-order valence-electron chi connectivity index (χ3n) is 7.16. The average molecular weight is 642 g/mol. The Labute approximate surface area is 254 Å². The normalized spacial score (nSPS) is 20.8. The summed E-state index contributed by atoms with van der Waals surface area (Å²) in [5.41, 5.74) is -1.41. The minimum atomic E-state index is -3.98. The van der Waals surface area contributed by atoms with Crippen LogP contribution in [-0.4, -0.2) is 69.4 Å². The molecule has 15 heteroatoms. The molecule has 0 radical (unpaired) electrons. The van der Waals surface area contributed by atoms with Crippen molar-refractivity contribution in [2.45, 2.75) is 96.0 Å². The first-order valence-corrected chi connectivity index (χ1v) is 15.9. The molecule has 0 unspecified atom stereocenters. The van der Waals surface area contributed by atoms with Crippen LogP contribution < -0.4 is 5.32 Å². The van der Waals surface area contributed by atoms with E-state index >= 15 is 0 Å². The Morgan fingerprint density at radius 1 is 1.11 bits per heavy atom. The Bertz CT molecular complexity index is 1480. The van der Waals surface area contributed by atoms with Crippen LogP contribution in [0, 0.1) is 5.82 Å². The zero-order valence-electron chi connectivity index (χ0n) is 25.7. The van der Waals surface area contributed by atoms with Crippen molar-refractivity contribution >= 4 is 19.3 Å². The van der Waals surface area contributed by atoms with Crippen molar-refractivity contribution in [3.05, 3.63) is 42.0 Å². The summed E-state index contributed by atoms with van der Waals surface area (Å²) in [5.74, 6) is -0.354. The van der Waals surface area contributed by atoms with Gasteiger partial charge in [-0.05, 0) is 72.4 Å².